The number of imidazole rings is 1. The maximum atomic E-state index is 13.7. The second-order valence-electron chi connectivity index (χ2n) is 4.03. The third-order valence-corrected chi connectivity index (χ3v) is 2.56. The predicted molar refractivity (Wildman–Crippen MR) is 63.1 cm³/mol. The first-order chi connectivity index (χ1) is 9.76. The van der Waals surface area contributed by atoms with Crippen LogP contribution in [-0.2, 0) is 6.42 Å². The topological polar surface area (TPSA) is 70.1 Å². The highest BCUT2D eigenvalue weighted by atomic mass is 19.4. The Bertz CT molecular complexity index is 667. The molecule has 0 aliphatic heterocycles. The highest BCUT2D eigenvalue weighted by molar-refractivity contribution is 5.75. The Morgan fingerprint density at radius 3 is 2.67 bits per heavy atom. The summed E-state index contributed by atoms with van der Waals surface area (Å²) in [4.78, 5) is 14.9. The standard InChI is InChI=1S/C12H9F4N3O2/c13-9-6-8(21-12(14,15)16)2-1-7(9)5-10-18-3-4-19(10)11(17)20/h1-4,6H,5H2,(H2,17,20). The van der Waals surface area contributed by atoms with Crippen molar-refractivity contribution in [3.63, 3.8) is 0 Å². The molecule has 2 N–H and O–H groups in total. The molecule has 0 spiro atoms. The third-order valence-electron chi connectivity index (χ3n) is 2.56. The Hall–Kier alpha value is -2.58. The maximum Gasteiger partial charge on any atom is 0.573 e. The first-order valence-corrected chi connectivity index (χ1v) is 5.62. The van der Waals surface area contributed by atoms with E-state index in [1.165, 1.54) is 12.4 Å². The average Bonchev–Trinajstić information content (AvgIpc) is 2.79. The molecule has 0 saturated carbocycles. The summed E-state index contributed by atoms with van der Waals surface area (Å²) < 4.78 is 54.4. The SMILES string of the molecule is NC(=O)n1ccnc1Cc1ccc(OC(F)(F)F)cc1F. The number of hydrogen-bond donors (Lipinski definition) is 1. The number of carbonyl (C=O) groups is 1. The van der Waals surface area contributed by atoms with Crippen LogP contribution in [0.15, 0.2) is 30.6 Å². The van der Waals surface area contributed by atoms with Gasteiger partial charge in [0, 0.05) is 24.9 Å². The summed E-state index contributed by atoms with van der Waals surface area (Å²) in [5, 5.41) is 0. The number of alkyl halides is 3. The summed E-state index contributed by atoms with van der Waals surface area (Å²) in [5.41, 5.74) is 5.14. The van der Waals surface area contributed by atoms with Crippen LogP contribution in [0.2, 0.25) is 0 Å². The van der Waals surface area contributed by atoms with Gasteiger partial charge in [-0.2, -0.15) is 0 Å². The van der Waals surface area contributed by atoms with Crippen molar-refractivity contribution in [2.45, 2.75) is 12.8 Å². The molecule has 9 heteroatoms. The number of nitrogens with zero attached hydrogens (tertiary/aromatic N) is 2. The van der Waals surface area contributed by atoms with Crippen molar-refractivity contribution in [1.29, 1.82) is 0 Å². The molecule has 1 amide bonds. The van der Waals surface area contributed by atoms with Gasteiger partial charge in [-0.3, -0.25) is 4.57 Å². The van der Waals surface area contributed by atoms with E-state index in [-0.39, 0.29) is 17.8 Å². The summed E-state index contributed by atoms with van der Waals surface area (Å²) in [7, 11) is 0. The van der Waals surface area contributed by atoms with Gasteiger partial charge >= 0.3 is 12.4 Å². The molecular formula is C12H9F4N3O2. The van der Waals surface area contributed by atoms with Crippen LogP contribution in [0.5, 0.6) is 5.75 Å². The zero-order valence-electron chi connectivity index (χ0n) is 10.4. The first kappa shape index (κ1) is 14.8. The van der Waals surface area contributed by atoms with E-state index >= 15 is 0 Å². The molecule has 1 heterocycles. The lowest BCUT2D eigenvalue weighted by molar-refractivity contribution is -0.274. The monoisotopic (exact) mass is 303 g/mol. The fourth-order valence-electron chi connectivity index (χ4n) is 1.70. The number of amides is 1. The largest absolute Gasteiger partial charge is 0.573 e. The number of ether oxygens (including phenoxy) is 1. The van der Waals surface area contributed by atoms with Gasteiger partial charge < -0.3 is 10.5 Å². The van der Waals surface area contributed by atoms with Crippen LogP contribution >= 0.6 is 0 Å². The molecule has 5 nitrogen and oxygen atoms in total. The van der Waals surface area contributed by atoms with E-state index in [1.807, 2.05) is 0 Å². The number of nitrogens with two attached hydrogens (primary N) is 1. The van der Waals surface area contributed by atoms with Gasteiger partial charge in [0.2, 0.25) is 0 Å². The minimum absolute atomic E-state index is 0.0539. The summed E-state index contributed by atoms with van der Waals surface area (Å²) in [6.45, 7) is 0. The number of primary amides is 1. The molecular weight excluding hydrogens is 294 g/mol. The van der Waals surface area contributed by atoms with Gasteiger partial charge in [-0.1, -0.05) is 6.07 Å². The Morgan fingerprint density at radius 1 is 1.38 bits per heavy atom. The Labute approximate surface area is 115 Å². The molecule has 2 aromatic rings. The minimum atomic E-state index is -4.89. The van der Waals surface area contributed by atoms with Crippen molar-refractivity contribution < 1.29 is 27.1 Å². The van der Waals surface area contributed by atoms with Crippen molar-refractivity contribution in [3.8, 4) is 5.75 Å². The number of aromatic nitrogens is 2. The molecule has 0 unspecified atom stereocenters. The molecule has 2 rings (SSSR count). The molecule has 0 atom stereocenters. The molecule has 0 bridgehead atoms. The molecule has 0 fully saturated rings. The van der Waals surface area contributed by atoms with Crippen LogP contribution in [0.1, 0.15) is 11.4 Å². The Morgan fingerprint density at radius 2 is 2.10 bits per heavy atom. The molecule has 1 aromatic carbocycles. The van der Waals surface area contributed by atoms with Crippen LogP contribution in [-0.4, -0.2) is 21.9 Å². The lowest BCUT2D eigenvalue weighted by Gasteiger charge is -2.10. The van der Waals surface area contributed by atoms with E-state index in [2.05, 4.69) is 9.72 Å². The van der Waals surface area contributed by atoms with E-state index in [0.29, 0.717) is 6.07 Å². The average molecular weight is 303 g/mol. The smallest absolute Gasteiger partial charge is 0.406 e. The van der Waals surface area contributed by atoms with Crippen molar-refractivity contribution in [2.75, 3.05) is 0 Å². The van der Waals surface area contributed by atoms with E-state index < -0.39 is 24.0 Å². The molecule has 0 aliphatic rings. The number of halogens is 4. The lowest BCUT2D eigenvalue weighted by Crippen LogP contribution is -2.21. The zero-order valence-corrected chi connectivity index (χ0v) is 10.4. The molecule has 21 heavy (non-hydrogen) atoms. The number of rotatable bonds is 3. The zero-order chi connectivity index (χ0) is 15.6. The van der Waals surface area contributed by atoms with E-state index in [4.69, 9.17) is 5.73 Å². The van der Waals surface area contributed by atoms with Gasteiger partial charge in [-0.05, 0) is 11.6 Å². The van der Waals surface area contributed by atoms with E-state index in [0.717, 1.165) is 16.7 Å². The van der Waals surface area contributed by atoms with E-state index in [1.54, 1.807) is 0 Å². The summed E-state index contributed by atoms with van der Waals surface area (Å²) in [5.74, 6) is -1.40. The summed E-state index contributed by atoms with van der Waals surface area (Å²) >= 11 is 0. The molecule has 1 aromatic heterocycles. The Balaban J connectivity index is 2.22. The van der Waals surface area contributed by atoms with Gasteiger partial charge in [-0.25, -0.2) is 14.2 Å². The predicted octanol–water partition coefficient (Wildman–Crippen LogP) is 2.44. The van der Waals surface area contributed by atoms with Crippen molar-refractivity contribution in [1.82, 2.24) is 9.55 Å². The van der Waals surface area contributed by atoms with Gasteiger partial charge in [0.05, 0.1) is 0 Å². The number of hydrogen-bond acceptors (Lipinski definition) is 3. The lowest BCUT2D eigenvalue weighted by atomic mass is 10.1. The van der Waals surface area contributed by atoms with Gasteiger partial charge in [0.1, 0.15) is 17.4 Å². The highest BCUT2D eigenvalue weighted by Crippen LogP contribution is 2.25. The highest BCUT2D eigenvalue weighted by Gasteiger charge is 2.31. The normalized spacial score (nSPS) is 11.4. The molecule has 0 aliphatic carbocycles. The maximum absolute atomic E-state index is 13.7. The second-order valence-corrected chi connectivity index (χ2v) is 4.03. The van der Waals surface area contributed by atoms with Crippen molar-refractivity contribution in [2.24, 2.45) is 5.73 Å². The van der Waals surface area contributed by atoms with Gasteiger partial charge in [-0.15, -0.1) is 13.2 Å². The van der Waals surface area contributed by atoms with Crippen molar-refractivity contribution in [3.05, 3.63) is 47.8 Å². The Kier molecular flexibility index (Phi) is 3.83. The van der Waals surface area contributed by atoms with Crippen LogP contribution in [0.4, 0.5) is 22.4 Å². The van der Waals surface area contributed by atoms with Gasteiger partial charge in [0.15, 0.2) is 0 Å². The second kappa shape index (κ2) is 5.43. The number of carbonyl (C=O) groups excluding carboxylic acids is 1. The third kappa shape index (κ3) is 3.71. The summed E-state index contributed by atoms with van der Waals surface area (Å²) in [6, 6.07) is 1.92. The van der Waals surface area contributed by atoms with Crippen LogP contribution in [0.25, 0.3) is 0 Å². The summed E-state index contributed by atoms with van der Waals surface area (Å²) in [6.07, 6.45) is -2.39. The van der Waals surface area contributed by atoms with Crippen molar-refractivity contribution >= 4 is 6.03 Å². The fraction of sp³-hybridized carbons (Fsp3) is 0.167. The van der Waals surface area contributed by atoms with Crippen LogP contribution < -0.4 is 10.5 Å². The fourth-order valence-corrected chi connectivity index (χ4v) is 1.70. The quantitative estimate of drug-likeness (QED) is 0.885. The first-order valence-electron chi connectivity index (χ1n) is 5.62. The van der Waals surface area contributed by atoms with E-state index in [9.17, 15) is 22.4 Å². The van der Waals surface area contributed by atoms with Crippen LogP contribution in [0, 0.1) is 5.82 Å². The van der Waals surface area contributed by atoms with Gasteiger partial charge in [0.25, 0.3) is 0 Å². The number of benzene rings is 1. The van der Waals surface area contributed by atoms with Crippen LogP contribution in [0.3, 0.4) is 0 Å². The molecule has 0 radical (unpaired) electrons. The molecule has 0 saturated heterocycles. The molecule has 112 valence electrons. The minimum Gasteiger partial charge on any atom is -0.406 e.